The summed E-state index contributed by atoms with van der Waals surface area (Å²) in [5.74, 6) is -5.50. The SMILES string of the molecule is COC(=O)C(C(=O)OC)[C@H](C)[C@@H](NC(=O)c1ccc2ccccc2c1)C(=O)OC. The number of carbonyl (C=O) groups is 4. The molecule has 1 N–H and O–H groups in total. The quantitative estimate of drug-likeness (QED) is 0.427. The fraction of sp³-hybridized carbons (Fsp3) is 0.333. The Morgan fingerprint density at radius 2 is 1.34 bits per heavy atom. The van der Waals surface area contributed by atoms with E-state index in [1.807, 2.05) is 24.3 Å². The zero-order valence-electron chi connectivity index (χ0n) is 16.6. The van der Waals surface area contributed by atoms with Gasteiger partial charge < -0.3 is 19.5 Å². The standard InChI is InChI=1S/C21H23NO7/c1-12(16(19(24)27-2)20(25)28-3)17(21(26)29-4)22-18(23)15-10-9-13-7-5-6-8-14(13)11-15/h5-12,16-17H,1-4H3,(H,22,23)/t12-,17+/m0/s1. The van der Waals surface area contributed by atoms with E-state index in [0.29, 0.717) is 5.56 Å². The first kappa shape index (κ1) is 21.9. The van der Waals surface area contributed by atoms with Crippen LogP contribution in [0.1, 0.15) is 17.3 Å². The lowest BCUT2D eigenvalue weighted by Crippen LogP contribution is -2.51. The first-order valence-corrected chi connectivity index (χ1v) is 8.87. The van der Waals surface area contributed by atoms with Crippen molar-refractivity contribution in [2.24, 2.45) is 11.8 Å². The Morgan fingerprint density at radius 3 is 1.90 bits per heavy atom. The van der Waals surface area contributed by atoms with Crippen LogP contribution in [0.4, 0.5) is 0 Å². The average Bonchev–Trinajstić information content (AvgIpc) is 2.75. The van der Waals surface area contributed by atoms with Crippen LogP contribution in [0.15, 0.2) is 42.5 Å². The molecule has 0 aliphatic carbocycles. The largest absolute Gasteiger partial charge is 0.468 e. The molecule has 8 nitrogen and oxygen atoms in total. The van der Waals surface area contributed by atoms with Crippen LogP contribution in [0.5, 0.6) is 0 Å². The van der Waals surface area contributed by atoms with Crippen molar-refractivity contribution >= 4 is 34.6 Å². The number of ether oxygens (including phenoxy) is 3. The number of rotatable bonds is 7. The maximum absolute atomic E-state index is 12.8. The van der Waals surface area contributed by atoms with Crippen molar-refractivity contribution in [2.75, 3.05) is 21.3 Å². The highest BCUT2D eigenvalue weighted by molar-refractivity contribution is 6.01. The third-order valence-corrected chi connectivity index (χ3v) is 4.72. The topological polar surface area (TPSA) is 108 Å². The predicted octanol–water partition coefficient (Wildman–Crippen LogP) is 1.71. The molecule has 0 spiro atoms. The van der Waals surface area contributed by atoms with E-state index in [1.165, 1.54) is 6.92 Å². The lowest BCUT2D eigenvalue weighted by molar-refractivity contribution is -0.162. The van der Waals surface area contributed by atoms with Crippen LogP contribution in [0.3, 0.4) is 0 Å². The van der Waals surface area contributed by atoms with Crippen LogP contribution in [-0.4, -0.2) is 51.2 Å². The Labute approximate surface area is 168 Å². The summed E-state index contributed by atoms with van der Waals surface area (Å²) in [6, 6.07) is 11.3. The molecule has 0 unspecified atom stereocenters. The first-order valence-electron chi connectivity index (χ1n) is 8.87. The van der Waals surface area contributed by atoms with Gasteiger partial charge in [0.15, 0.2) is 5.92 Å². The minimum absolute atomic E-state index is 0.317. The van der Waals surface area contributed by atoms with E-state index in [9.17, 15) is 19.2 Å². The van der Waals surface area contributed by atoms with E-state index in [2.05, 4.69) is 14.8 Å². The molecule has 0 aliphatic rings. The van der Waals surface area contributed by atoms with Crippen LogP contribution in [0, 0.1) is 11.8 Å². The lowest BCUT2D eigenvalue weighted by Gasteiger charge is -2.27. The normalized spacial score (nSPS) is 12.7. The summed E-state index contributed by atoms with van der Waals surface area (Å²) < 4.78 is 14.1. The van der Waals surface area contributed by atoms with Crippen molar-refractivity contribution in [3.8, 4) is 0 Å². The van der Waals surface area contributed by atoms with Gasteiger partial charge in [-0.2, -0.15) is 0 Å². The molecule has 0 bridgehead atoms. The van der Waals surface area contributed by atoms with Crippen molar-refractivity contribution in [2.45, 2.75) is 13.0 Å². The zero-order valence-corrected chi connectivity index (χ0v) is 16.6. The second-order valence-corrected chi connectivity index (χ2v) is 6.42. The molecular formula is C21H23NO7. The number of methoxy groups -OCH3 is 3. The minimum Gasteiger partial charge on any atom is -0.468 e. The Hall–Kier alpha value is -3.42. The van der Waals surface area contributed by atoms with Crippen molar-refractivity contribution < 1.29 is 33.4 Å². The maximum Gasteiger partial charge on any atom is 0.328 e. The molecule has 0 heterocycles. The molecule has 0 saturated carbocycles. The van der Waals surface area contributed by atoms with Gasteiger partial charge in [0, 0.05) is 11.5 Å². The molecule has 0 aliphatic heterocycles. The highest BCUT2D eigenvalue weighted by Gasteiger charge is 2.42. The van der Waals surface area contributed by atoms with E-state index < -0.39 is 41.7 Å². The van der Waals surface area contributed by atoms with Gasteiger partial charge in [0.05, 0.1) is 21.3 Å². The maximum atomic E-state index is 12.8. The van der Waals surface area contributed by atoms with Gasteiger partial charge in [-0.15, -0.1) is 0 Å². The summed E-state index contributed by atoms with van der Waals surface area (Å²) in [6.45, 7) is 1.46. The number of hydrogen-bond donors (Lipinski definition) is 1. The summed E-state index contributed by atoms with van der Waals surface area (Å²) in [4.78, 5) is 49.3. The number of nitrogens with one attached hydrogen (secondary N) is 1. The average molecular weight is 401 g/mol. The van der Waals surface area contributed by atoms with E-state index in [-0.39, 0.29) is 0 Å². The molecule has 1 amide bonds. The minimum atomic E-state index is -1.41. The van der Waals surface area contributed by atoms with Gasteiger partial charge in [-0.3, -0.25) is 14.4 Å². The summed E-state index contributed by atoms with van der Waals surface area (Å²) >= 11 is 0. The fourth-order valence-electron chi connectivity index (χ4n) is 3.06. The van der Waals surface area contributed by atoms with Crippen LogP contribution >= 0.6 is 0 Å². The Kier molecular flexibility index (Phi) is 7.30. The number of hydrogen-bond acceptors (Lipinski definition) is 7. The van der Waals surface area contributed by atoms with Gasteiger partial charge in [0.2, 0.25) is 0 Å². The molecule has 2 rings (SSSR count). The van der Waals surface area contributed by atoms with Gasteiger partial charge in [0.1, 0.15) is 6.04 Å². The van der Waals surface area contributed by atoms with Gasteiger partial charge >= 0.3 is 17.9 Å². The Bertz CT molecular complexity index is 908. The summed E-state index contributed by atoms with van der Waals surface area (Å²) in [6.07, 6.45) is 0. The first-order chi connectivity index (χ1) is 13.8. The van der Waals surface area contributed by atoms with Gasteiger partial charge in [-0.25, -0.2) is 4.79 Å². The van der Waals surface area contributed by atoms with E-state index >= 15 is 0 Å². The molecule has 2 atom stereocenters. The molecule has 8 heteroatoms. The smallest absolute Gasteiger partial charge is 0.328 e. The Morgan fingerprint density at radius 1 is 0.793 bits per heavy atom. The van der Waals surface area contributed by atoms with Crippen molar-refractivity contribution in [1.29, 1.82) is 0 Å². The van der Waals surface area contributed by atoms with E-state index in [4.69, 9.17) is 4.74 Å². The monoisotopic (exact) mass is 401 g/mol. The van der Waals surface area contributed by atoms with Crippen LogP contribution in [-0.2, 0) is 28.6 Å². The summed E-state index contributed by atoms with van der Waals surface area (Å²) in [7, 11) is 3.38. The third kappa shape index (κ3) is 4.90. The highest BCUT2D eigenvalue weighted by Crippen LogP contribution is 2.21. The second kappa shape index (κ2) is 9.68. The zero-order chi connectivity index (χ0) is 21.6. The van der Waals surface area contributed by atoms with Crippen molar-refractivity contribution in [1.82, 2.24) is 5.32 Å². The molecule has 0 saturated heterocycles. The number of fused-ring (bicyclic) bond motifs is 1. The number of esters is 3. The molecular weight excluding hydrogens is 378 g/mol. The fourth-order valence-corrected chi connectivity index (χ4v) is 3.06. The summed E-state index contributed by atoms with van der Waals surface area (Å²) in [5.41, 5.74) is 0.317. The molecule has 154 valence electrons. The van der Waals surface area contributed by atoms with Gasteiger partial charge in [0.25, 0.3) is 5.91 Å². The molecule has 0 fully saturated rings. The molecule has 2 aromatic rings. The molecule has 2 aromatic carbocycles. The van der Waals surface area contributed by atoms with Crippen LogP contribution in [0.25, 0.3) is 10.8 Å². The molecule has 0 aromatic heterocycles. The van der Waals surface area contributed by atoms with Gasteiger partial charge in [-0.05, 0) is 22.9 Å². The Balaban J connectivity index is 2.33. The predicted molar refractivity (Wildman–Crippen MR) is 104 cm³/mol. The van der Waals surface area contributed by atoms with Crippen LogP contribution < -0.4 is 5.32 Å². The number of amides is 1. The summed E-state index contributed by atoms with van der Waals surface area (Å²) in [5, 5.41) is 4.37. The second-order valence-electron chi connectivity index (χ2n) is 6.42. The lowest BCUT2D eigenvalue weighted by atomic mass is 9.87. The molecule has 0 radical (unpaired) electrons. The van der Waals surface area contributed by atoms with Crippen molar-refractivity contribution in [3.05, 3.63) is 48.0 Å². The molecule has 29 heavy (non-hydrogen) atoms. The van der Waals surface area contributed by atoms with E-state index in [1.54, 1.807) is 18.2 Å². The highest BCUT2D eigenvalue weighted by atomic mass is 16.5. The van der Waals surface area contributed by atoms with Gasteiger partial charge in [-0.1, -0.05) is 37.3 Å². The van der Waals surface area contributed by atoms with Crippen LogP contribution in [0.2, 0.25) is 0 Å². The third-order valence-electron chi connectivity index (χ3n) is 4.72. The van der Waals surface area contributed by atoms with E-state index in [0.717, 1.165) is 32.1 Å². The number of carbonyl (C=O) groups excluding carboxylic acids is 4. The number of benzene rings is 2. The van der Waals surface area contributed by atoms with Crippen molar-refractivity contribution in [3.63, 3.8) is 0 Å².